The number of benzene rings is 1. The molecule has 0 radical (unpaired) electrons. The second kappa shape index (κ2) is 6.08. The molecule has 1 aromatic carbocycles. The molecule has 1 amide bonds. The van der Waals surface area contributed by atoms with E-state index in [4.69, 9.17) is 4.74 Å². The first-order valence-corrected chi connectivity index (χ1v) is 8.58. The lowest BCUT2D eigenvalue weighted by Crippen LogP contribution is -2.61. The van der Waals surface area contributed by atoms with E-state index in [2.05, 4.69) is 4.90 Å². The fraction of sp³-hybridized carbons (Fsp3) is 0.611. The summed E-state index contributed by atoms with van der Waals surface area (Å²) in [5.41, 5.74) is 0.394. The summed E-state index contributed by atoms with van der Waals surface area (Å²) in [6.07, 6.45) is 2.13. The van der Waals surface area contributed by atoms with Crippen LogP contribution in [0.1, 0.15) is 24.3 Å². The molecule has 130 valence electrons. The number of ether oxygens (including phenoxy) is 1. The van der Waals surface area contributed by atoms with Crippen molar-refractivity contribution in [1.29, 1.82) is 0 Å². The van der Waals surface area contributed by atoms with Gasteiger partial charge >= 0.3 is 0 Å². The van der Waals surface area contributed by atoms with Crippen molar-refractivity contribution in [2.24, 2.45) is 5.92 Å². The van der Waals surface area contributed by atoms with Gasteiger partial charge < -0.3 is 9.64 Å². The predicted molar refractivity (Wildman–Crippen MR) is 84.6 cm³/mol. The molecule has 6 heteroatoms. The third kappa shape index (κ3) is 2.35. The smallest absolute Gasteiger partial charge is 0.248 e. The van der Waals surface area contributed by atoms with Crippen LogP contribution in [-0.4, -0.2) is 61.1 Å². The molecule has 4 saturated heterocycles. The monoisotopic (exact) mass is 336 g/mol. The van der Waals surface area contributed by atoms with Crippen molar-refractivity contribution < 1.29 is 18.3 Å². The molecule has 4 fully saturated rings. The number of fused-ring (bicyclic) bond motifs is 2. The summed E-state index contributed by atoms with van der Waals surface area (Å²) in [5.74, 6) is -1.38. The van der Waals surface area contributed by atoms with Crippen molar-refractivity contribution in [3.63, 3.8) is 0 Å². The van der Waals surface area contributed by atoms with Crippen LogP contribution in [0.25, 0.3) is 0 Å². The minimum Gasteiger partial charge on any atom is -0.375 e. The molecular formula is C18H22F2N2O2. The predicted octanol–water partition coefficient (Wildman–Crippen LogP) is 2.00. The number of likely N-dealkylation sites (tertiary alicyclic amines) is 1. The number of hydrogen-bond acceptors (Lipinski definition) is 3. The number of nitrogens with zero attached hydrogens (tertiary/aromatic N) is 2. The number of amides is 1. The molecule has 0 N–H and O–H groups in total. The average Bonchev–Trinajstić information content (AvgIpc) is 3.01. The van der Waals surface area contributed by atoms with Gasteiger partial charge in [-0.3, -0.25) is 9.69 Å². The normalized spacial score (nSPS) is 34.5. The summed E-state index contributed by atoms with van der Waals surface area (Å²) in [7, 11) is 1.51. The fourth-order valence-electron chi connectivity index (χ4n) is 4.99. The number of rotatable bonds is 3. The van der Waals surface area contributed by atoms with Gasteiger partial charge in [0.1, 0.15) is 6.61 Å². The van der Waals surface area contributed by atoms with Crippen LogP contribution in [0.4, 0.5) is 8.78 Å². The summed E-state index contributed by atoms with van der Waals surface area (Å²) in [6.45, 7) is 2.43. The molecular weight excluding hydrogens is 314 g/mol. The molecule has 0 saturated carbocycles. The van der Waals surface area contributed by atoms with Crippen LogP contribution < -0.4 is 0 Å². The van der Waals surface area contributed by atoms with E-state index >= 15 is 0 Å². The van der Waals surface area contributed by atoms with E-state index in [1.165, 1.54) is 7.11 Å². The van der Waals surface area contributed by atoms with E-state index in [-0.39, 0.29) is 30.5 Å². The molecule has 2 bridgehead atoms. The molecule has 4 heterocycles. The van der Waals surface area contributed by atoms with Gasteiger partial charge in [-0.05, 0) is 43.5 Å². The topological polar surface area (TPSA) is 32.8 Å². The second-order valence-corrected chi connectivity index (χ2v) is 7.08. The first-order chi connectivity index (χ1) is 11.6. The Morgan fingerprint density at radius 1 is 1.25 bits per heavy atom. The van der Waals surface area contributed by atoms with Crippen molar-refractivity contribution in [3.05, 3.63) is 35.4 Å². The maximum absolute atomic E-state index is 14.4. The van der Waals surface area contributed by atoms with Gasteiger partial charge in [-0.2, -0.15) is 0 Å². The Morgan fingerprint density at radius 2 is 2.00 bits per heavy atom. The zero-order chi connectivity index (χ0) is 16.8. The van der Waals surface area contributed by atoms with Gasteiger partial charge in [0.25, 0.3) is 0 Å². The lowest BCUT2D eigenvalue weighted by atomic mass is 9.75. The van der Waals surface area contributed by atoms with Gasteiger partial charge in [0.2, 0.25) is 5.91 Å². The Bertz CT molecular complexity index is 646. The summed E-state index contributed by atoms with van der Waals surface area (Å²) in [6, 6.07) is 4.52. The highest BCUT2D eigenvalue weighted by Crippen LogP contribution is 2.47. The number of methoxy groups -OCH3 is 1. The van der Waals surface area contributed by atoms with Crippen molar-refractivity contribution in [3.8, 4) is 0 Å². The largest absolute Gasteiger partial charge is 0.375 e. The maximum Gasteiger partial charge on any atom is 0.248 e. The van der Waals surface area contributed by atoms with Crippen LogP contribution in [-0.2, 0) is 9.53 Å². The minimum absolute atomic E-state index is 0.0360. The van der Waals surface area contributed by atoms with Gasteiger partial charge in [-0.25, -0.2) is 8.78 Å². The second-order valence-electron chi connectivity index (χ2n) is 7.08. The van der Waals surface area contributed by atoms with E-state index in [1.54, 1.807) is 12.1 Å². The first-order valence-electron chi connectivity index (χ1n) is 8.58. The molecule has 3 atom stereocenters. The summed E-state index contributed by atoms with van der Waals surface area (Å²) >= 11 is 0. The Labute approximate surface area is 140 Å². The minimum atomic E-state index is -0.818. The third-order valence-corrected chi connectivity index (χ3v) is 5.96. The van der Waals surface area contributed by atoms with Crippen LogP contribution in [0.3, 0.4) is 0 Å². The number of carbonyl (C=O) groups excluding carboxylic acids is 1. The first kappa shape index (κ1) is 16.0. The van der Waals surface area contributed by atoms with Crippen molar-refractivity contribution in [2.75, 3.05) is 33.4 Å². The fourth-order valence-corrected chi connectivity index (χ4v) is 4.99. The number of piperidine rings is 3. The lowest BCUT2D eigenvalue weighted by Gasteiger charge is -2.51. The van der Waals surface area contributed by atoms with Crippen LogP contribution in [0, 0.1) is 17.6 Å². The third-order valence-electron chi connectivity index (χ3n) is 5.96. The Morgan fingerprint density at radius 3 is 2.71 bits per heavy atom. The number of halogens is 2. The summed E-state index contributed by atoms with van der Waals surface area (Å²) < 4.78 is 33.2. The highest BCUT2D eigenvalue weighted by molar-refractivity contribution is 5.78. The van der Waals surface area contributed by atoms with Crippen LogP contribution >= 0.6 is 0 Å². The maximum atomic E-state index is 14.4. The van der Waals surface area contributed by atoms with E-state index in [1.807, 2.05) is 4.90 Å². The standard InChI is InChI=1S/C18H22F2N2O2/c1-24-10-15(23)22-9-13(12-3-2-4-14(19)16(12)20)18-17(22)11-5-7-21(18)8-6-11/h2-4,11,13,17-18H,5-10H2,1H3/t13-,17-,18-/m1/s1. The van der Waals surface area contributed by atoms with Crippen LogP contribution in [0.15, 0.2) is 18.2 Å². The molecule has 4 aliphatic rings. The Balaban J connectivity index is 1.72. The Kier molecular flexibility index (Phi) is 4.04. The molecule has 24 heavy (non-hydrogen) atoms. The van der Waals surface area contributed by atoms with Gasteiger partial charge in [-0.15, -0.1) is 0 Å². The molecule has 0 unspecified atom stereocenters. The molecule has 4 nitrogen and oxygen atoms in total. The van der Waals surface area contributed by atoms with Gasteiger partial charge in [0, 0.05) is 25.6 Å². The average molecular weight is 336 g/mol. The van der Waals surface area contributed by atoms with E-state index in [0.717, 1.165) is 32.0 Å². The molecule has 0 spiro atoms. The van der Waals surface area contributed by atoms with Crippen molar-refractivity contribution >= 4 is 5.91 Å². The highest BCUT2D eigenvalue weighted by atomic mass is 19.2. The molecule has 5 rings (SSSR count). The zero-order valence-corrected chi connectivity index (χ0v) is 13.8. The van der Waals surface area contributed by atoms with E-state index < -0.39 is 11.6 Å². The van der Waals surface area contributed by atoms with Gasteiger partial charge in [0.05, 0.1) is 6.04 Å². The van der Waals surface area contributed by atoms with Gasteiger partial charge in [0.15, 0.2) is 11.6 Å². The SMILES string of the molecule is COCC(=O)N1C[C@H](c2cccc(F)c2F)[C@@H]2[C@H]1C1CCN2CC1. The molecule has 1 aromatic rings. The van der Waals surface area contributed by atoms with Crippen LogP contribution in [0.2, 0.25) is 0 Å². The van der Waals surface area contributed by atoms with Crippen molar-refractivity contribution in [2.45, 2.75) is 30.8 Å². The van der Waals surface area contributed by atoms with Crippen LogP contribution in [0.5, 0.6) is 0 Å². The molecule has 4 aliphatic heterocycles. The number of hydrogen-bond donors (Lipinski definition) is 0. The summed E-state index contributed by atoms with van der Waals surface area (Å²) in [4.78, 5) is 16.7. The zero-order valence-electron chi connectivity index (χ0n) is 13.8. The Hall–Kier alpha value is -1.53. The number of carbonyl (C=O) groups is 1. The molecule has 0 aromatic heterocycles. The van der Waals surface area contributed by atoms with Gasteiger partial charge in [-0.1, -0.05) is 12.1 Å². The highest BCUT2D eigenvalue weighted by Gasteiger charge is 2.55. The summed E-state index contributed by atoms with van der Waals surface area (Å²) in [5, 5.41) is 0. The quantitative estimate of drug-likeness (QED) is 0.846. The van der Waals surface area contributed by atoms with E-state index in [9.17, 15) is 13.6 Å². The lowest BCUT2D eigenvalue weighted by molar-refractivity contribution is -0.139. The van der Waals surface area contributed by atoms with E-state index in [0.29, 0.717) is 18.0 Å². The van der Waals surface area contributed by atoms with Crippen molar-refractivity contribution in [1.82, 2.24) is 9.80 Å². The molecule has 0 aliphatic carbocycles.